The molecule has 7 heteroatoms. The normalized spacial score (nSPS) is 18.5. The third-order valence-corrected chi connectivity index (χ3v) is 4.25. The summed E-state index contributed by atoms with van der Waals surface area (Å²) in [4.78, 5) is 24.3. The number of esters is 1. The van der Waals surface area contributed by atoms with Crippen LogP contribution in [0.25, 0.3) is 0 Å². The summed E-state index contributed by atoms with van der Waals surface area (Å²) in [5.74, 6) is -1.23. The molecule has 1 N–H and O–H groups in total. The molecule has 6 nitrogen and oxygen atoms in total. The van der Waals surface area contributed by atoms with E-state index in [1.54, 1.807) is 33.8 Å². The summed E-state index contributed by atoms with van der Waals surface area (Å²) in [6, 6.07) is 3.61. The van der Waals surface area contributed by atoms with Crippen LogP contribution in [0.15, 0.2) is 40.2 Å². The average molecular weight is 322 g/mol. The van der Waals surface area contributed by atoms with Gasteiger partial charge in [-0.05, 0) is 39.1 Å². The first-order chi connectivity index (χ1) is 10.3. The van der Waals surface area contributed by atoms with Gasteiger partial charge in [-0.15, -0.1) is 11.3 Å². The summed E-state index contributed by atoms with van der Waals surface area (Å²) in [6.45, 7) is 6.88. The third-order valence-electron chi connectivity index (χ3n) is 3.31. The fourth-order valence-corrected chi connectivity index (χ4v) is 3.34. The number of dihydropyridines is 1. The Bertz CT molecular complexity index is 659. The standard InChI is InChI=1S/C15H18N2O4S/c1-8(2)21-15(18)12-9(3)16-10(4)14(17(19)20)13(12)11-6-5-7-22-11/h5-8,13,16H,1-4H3. The lowest BCUT2D eigenvalue weighted by Crippen LogP contribution is -2.32. The molecular formula is C15H18N2O4S. The molecule has 0 spiro atoms. The molecule has 22 heavy (non-hydrogen) atoms. The number of carbonyl (C=O) groups is 1. The predicted molar refractivity (Wildman–Crippen MR) is 83.8 cm³/mol. The minimum Gasteiger partial charge on any atom is -0.460 e. The first-order valence-corrected chi connectivity index (χ1v) is 7.78. The zero-order valence-corrected chi connectivity index (χ0v) is 13.7. The van der Waals surface area contributed by atoms with Gasteiger partial charge in [-0.3, -0.25) is 10.1 Å². The highest BCUT2D eigenvalue weighted by atomic mass is 32.1. The maximum Gasteiger partial charge on any atom is 0.337 e. The highest BCUT2D eigenvalue weighted by molar-refractivity contribution is 7.10. The van der Waals surface area contributed by atoms with E-state index in [9.17, 15) is 14.9 Å². The van der Waals surface area contributed by atoms with Crippen LogP contribution < -0.4 is 5.32 Å². The molecule has 2 rings (SSSR count). The van der Waals surface area contributed by atoms with E-state index in [2.05, 4.69) is 5.32 Å². The minimum atomic E-state index is -0.706. The van der Waals surface area contributed by atoms with Crippen molar-refractivity contribution in [1.82, 2.24) is 5.32 Å². The second-order valence-electron chi connectivity index (χ2n) is 5.33. The van der Waals surface area contributed by atoms with Gasteiger partial charge in [-0.25, -0.2) is 4.79 Å². The maximum absolute atomic E-state index is 12.4. The highest BCUT2D eigenvalue weighted by Crippen LogP contribution is 2.40. The molecule has 0 aliphatic carbocycles. The van der Waals surface area contributed by atoms with Crippen LogP contribution in [0.4, 0.5) is 0 Å². The van der Waals surface area contributed by atoms with Crippen LogP contribution in [-0.4, -0.2) is 17.0 Å². The topological polar surface area (TPSA) is 81.5 Å². The number of hydrogen-bond donors (Lipinski definition) is 1. The molecule has 118 valence electrons. The van der Waals surface area contributed by atoms with E-state index in [4.69, 9.17) is 4.74 Å². The van der Waals surface area contributed by atoms with Gasteiger partial charge < -0.3 is 10.1 Å². The van der Waals surface area contributed by atoms with Crippen LogP contribution in [0.1, 0.15) is 38.5 Å². The van der Waals surface area contributed by atoms with E-state index in [1.165, 1.54) is 11.3 Å². The molecule has 1 aliphatic heterocycles. The predicted octanol–water partition coefficient (Wildman–Crippen LogP) is 3.17. The molecule has 1 aromatic heterocycles. The maximum atomic E-state index is 12.4. The van der Waals surface area contributed by atoms with Crippen molar-refractivity contribution in [1.29, 1.82) is 0 Å². The van der Waals surface area contributed by atoms with Gasteiger partial charge in [-0.1, -0.05) is 6.07 Å². The van der Waals surface area contributed by atoms with E-state index in [1.807, 2.05) is 11.4 Å². The van der Waals surface area contributed by atoms with E-state index < -0.39 is 16.8 Å². The Kier molecular flexibility index (Phi) is 4.65. The quantitative estimate of drug-likeness (QED) is 0.523. The van der Waals surface area contributed by atoms with Crippen molar-refractivity contribution in [3.05, 3.63) is 55.2 Å². The number of rotatable bonds is 4. The number of nitro groups is 1. The lowest BCUT2D eigenvalue weighted by Gasteiger charge is -2.26. The summed E-state index contributed by atoms with van der Waals surface area (Å²) < 4.78 is 5.27. The number of ether oxygens (including phenoxy) is 1. The fraction of sp³-hybridized carbons (Fsp3) is 0.400. The second kappa shape index (κ2) is 6.31. The molecule has 0 saturated carbocycles. The largest absolute Gasteiger partial charge is 0.460 e. The third kappa shape index (κ3) is 3.04. The number of hydrogen-bond acceptors (Lipinski definition) is 6. The molecule has 1 aliphatic rings. The molecule has 0 aromatic carbocycles. The van der Waals surface area contributed by atoms with Crippen LogP contribution in [0.5, 0.6) is 0 Å². The fourth-order valence-electron chi connectivity index (χ4n) is 2.51. The van der Waals surface area contributed by atoms with Gasteiger partial charge in [0, 0.05) is 10.6 Å². The SMILES string of the molecule is CC1=C(C(=O)OC(C)C)C(c2cccs2)C([N+](=O)[O-])=C(C)N1. The Morgan fingerprint density at radius 2 is 2.09 bits per heavy atom. The summed E-state index contributed by atoms with van der Waals surface area (Å²) in [5.41, 5.74) is 1.33. The lowest BCUT2D eigenvalue weighted by molar-refractivity contribution is -0.430. The smallest absolute Gasteiger partial charge is 0.337 e. The van der Waals surface area contributed by atoms with Crippen LogP contribution in [0, 0.1) is 10.1 Å². The number of allylic oxidation sites excluding steroid dienone is 3. The van der Waals surface area contributed by atoms with E-state index in [0.717, 1.165) is 4.88 Å². The van der Waals surface area contributed by atoms with Crippen molar-refractivity contribution in [3.8, 4) is 0 Å². The van der Waals surface area contributed by atoms with Gasteiger partial charge in [0.05, 0.1) is 22.3 Å². The zero-order valence-electron chi connectivity index (χ0n) is 12.9. The van der Waals surface area contributed by atoms with Gasteiger partial charge in [0.1, 0.15) is 5.92 Å². The highest BCUT2D eigenvalue weighted by Gasteiger charge is 2.41. The number of carbonyl (C=O) groups excluding carboxylic acids is 1. The van der Waals surface area contributed by atoms with Crippen molar-refractivity contribution in [2.24, 2.45) is 0 Å². The Morgan fingerprint density at radius 3 is 2.59 bits per heavy atom. The number of nitrogens with zero attached hydrogens (tertiary/aromatic N) is 1. The van der Waals surface area contributed by atoms with Crippen molar-refractivity contribution in [2.45, 2.75) is 39.7 Å². The van der Waals surface area contributed by atoms with Gasteiger partial charge in [0.2, 0.25) is 0 Å². The van der Waals surface area contributed by atoms with Gasteiger partial charge >= 0.3 is 5.97 Å². The van der Waals surface area contributed by atoms with Crippen molar-refractivity contribution < 1.29 is 14.5 Å². The van der Waals surface area contributed by atoms with E-state index in [0.29, 0.717) is 17.0 Å². The Balaban J connectivity index is 2.56. The number of thiophene rings is 1. The van der Waals surface area contributed by atoms with E-state index in [-0.39, 0.29) is 11.8 Å². The van der Waals surface area contributed by atoms with E-state index >= 15 is 0 Å². The average Bonchev–Trinajstić information content (AvgIpc) is 2.89. The van der Waals surface area contributed by atoms with Gasteiger partial charge in [0.25, 0.3) is 5.70 Å². The molecule has 0 amide bonds. The van der Waals surface area contributed by atoms with Crippen molar-refractivity contribution >= 4 is 17.3 Å². The molecule has 0 bridgehead atoms. The first-order valence-electron chi connectivity index (χ1n) is 6.90. The van der Waals surface area contributed by atoms with Crippen molar-refractivity contribution in [3.63, 3.8) is 0 Å². The van der Waals surface area contributed by atoms with Crippen molar-refractivity contribution in [2.75, 3.05) is 0 Å². The Labute approximate surface area is 132 Å². The summed E-state index contributed by atoms with van der Waals surface area (Å²) in [7, 11) is 0. The second-order valence-corrected chi connectivity index (χ2v) is 6.31. The molecule has 0 fully saturated rings. The molecule has 1 aromatic rings. The lowest BCUT2D eigenvalue weighted by atomic mass is 9.88. The Hall–Kier alpha value is -2.15. The molecule has 0 saturated heterocycles. The summed E-state index contributed by atoms with van der Waals surface area (Å²) >= 11 is 1.39. The Morgan fingerprint density at radius 1 is 1.41 bits per heavy atom. The number of nitrogens with one attached hydrogen (secondary N) is 1. The molecule has 0 radical (unpaired) electrons. The monoisotopic (exact) mass is 322 g/mol. The van der Waals surface area contributed by atoms with Gasteiger partial charge in [-0.2, -0.15) is 0 Å². The first kappa shape index (κ1) is 16.2. The van der Waals surface area contributed by atoms with Gasteiger partial charge in [0.15, 0.2) is 0 Å². The zero-order chi connectivity index (χ0) is 16.4. The molecular weight excluding hydrogens is 304 g/mol. The van der Waals surface area contributed by atoms with Crippen LogP contribution in [0.2, 0.25) is 0 Å². The summed E-state index contributed by atoms with van der Waals surface area (Å²) in [5, 5.41) is 16.3. The van der Waals surface area contributed by atoms with Crippen LogP contribution in [-0.2, 0) is 9.53 Å². The molecule has 2 heterocycles. The molecule has 1 atom stereocenters. The molecule has 1 unspecified atom stereocenters. The van der Waals surface area contributed by atoms with Crippen LogP contribution in [0.3, 0.4) is 0 Å². The van der Waals surface area contributed by atoms with Crippen LogP contribution >= 0.6 is 11.3 Å². The summed E-state index contributed by atoms with van der Waals surface area (Å²) in [6.07, 6.45) is -0.289. The minimum absolute atomic E-state index is 0.0104.